The highest BCUT2D eigenvalue weighted by atomic mass is 19.1. The number of rotatable bonds is 9. The predicted octanol–water partition coefficient (Wildman–Crippen LogP) is 2.18. The van der Waals surface area contributed by atoms with Crippen molar-refractivity contribution in [3.05, 3.63) is 59.9 Å². The Labute approximate surface area is 194 Å². The van der Waals surface area contributed by atoms with Crippen LogP contribution in [0, 0.1) is 5.82 Å². The summed E-state index contributed by atoms with van der Waals surface area (Å²) in [6.07, 6.45) is 0. The molecule has 0 amide bonds. The molecule has 0 bridgehead atoms. The van der Waals surface area contributed by atoms with Gasteiger partial charge in [0.05, 0.1) is 26.4 Å². The molecule has 2 aliphatic heterocycles. The quantitative estimate of drug-likeness (QED) is 0.616. The first-order chi connectivity index (χ1) is 16.1. The van der Waals surface area contributed by atoms with E-state index in [1.165, 1.54) is 12.1 Å². The van der Waals surface area contributed by atoms with Crippen molar-refractivity contribution in [2.75, 3.05) is 72.4 Å². The molecule has 0 aromatic heterocycles. The van der Waals surface area contributed by atoms with Crippen molar-refractivity contribution in [2.45, 2.75) is 12.1 Å². The van der Waals surface area contributed by atoms with Crippen LogP contribution >= 0.6 is 0 Å². The second-order valence-corrected chi connectivity index (χ2v) is 8.68. The van der Waals surface area contributed by atoms with E-state index in [9.17, 15) is 9.50 Å². The zero-order chi connectivity index (χ0) is 22.9. The molecular weight excluding hydrogens is 427 g/mol. The van der Waals surface area contributed by atoms with Gasteiger partial charge in [-0.15, -0.1) is 0 Å². The van der Waals surface area contributed by atoms with Crippen LogP contribution in [-0.2, 0) is 16.0 Å². The maximum absolute atomic E-state index is 13.4. The third kappa shape index (κ3) is 7.65. The van der Waals surface area contributed by atoms with Crippen molar-refractivity contribution in [3.8, 4) is 11.5 Å². The average molecular weight is 461 g/mol. The first kappa shape index (κ1) is 23.9. The van der Waals surface area contributed by atoms with E-state index in [1.54, 1.807) is 12.1 Å². The lowest BCUT2D eigenvalue weighted by Gasteiger charge is -2.30. The van der Waals surface area contributed by atoms with Crippen LogP contribution in [0.4, 0.5) is 4.39 Å². The van der Waals surface area contributed by atoms with E-state index >= 15 is 0 Å². The molecule has 1 atom stereocenters. The van der Waals surface area contributed by atoms with E-state index in [1.807, 2.05) is 12.1 Å². The van der Waals surface area contributed by atoms with E-state index in [-0.39, 0.29) is 19.0 Å². The molecule has 2 saturated heterocycles. The van der Waals surface area contributed by atoms with Crippen molar-refractivity contribution in [1.29, 1.82) is 0 Å². The normalized spacial score (nSPS) is 22.6. The predicted molar refractivity (Wildman–Crippen MR) is 122 cm³/mol. The van der Waals surface area contributed by atoms with Gasteiger partial charge in [-0.3, -0.25) is 9.80 Å². The largest absolute Gasteiger partial charge is 0.492 e. The van der Waals surface area contributed by atoms with Gasteiger partial charge in [0.1, 0.15) is 36.1 Å². The lowest BCUT2D eigenvalue weighted by atomic mass is 10.1. The number of hydrogen-bond donors (Lipinski definition) is 1. The van der Waals surface area contributed by atoms with Crippen molar-refractivity contribution in [2.24, 2.45) is 0 Å². The molecule has 0 radical (unpaired) electrons. The Bertz CT molecular complexity index is 862. The zero-order valence-electron chi connectivity index (χ0n) is 19.0. The van der Waals surface area contributed by atoms with Crippen LogP contribution in [-0.4, -0.2) is 92.9 Å². The summed E-state index contributed by atoms with van der Waals surface area (Å²) in [6, 6.07) is 14.0. The first-order valence-electron chi connectivity index (χ1n) is 11.5. The van der Waals surface area contributed by atoms with Crippen LogP contribution in [0.2, 0.25) is 0 Å². The van der Waals surface area contributed by atoms with Crippen molar-refractivity contribution >= 4 is 0 Å². The molecule has 2 heterocycles. The number of morpholine rings is 1. The summed E-state index contributed by atoms with van der Waals surface area (Å²) in [5.41, 5.74) is -0.0448. The van der Waals surface area contributed by atoms with Gasteiger partial charge in [-0.25, -0.2) is 4.39 Å². The molecule has 2 aromatic rings. The Hall–Kier alpha value is -2.23. The molecule has 180 valence electrons. The minimum atomic E-state index is -1.18. The van der Waals surface area contributed by atoms with Crippen molar-refractivity contribution in [3.63, 3.8) is 0 Å². The fraction of sp³-hybridized carbons (Fsp3) is 0.520. The SMILES string of the molecule is O[C@@]1(COc2cccc(F)c2)COCCN(Cc2ccc(OCCN3CCOCC3)cc2)C1. The van der Waals surface area contributed by atoms with Crippen LogP contribution in [0.25, 0.3) is 0 Å². The average Bonchev–Trinajstić information content (AvgIpc) is 3.01. The van der Waals surface area contributed by atoms with Crippen LogP contribution in [0.3, 0.4) is 0 Å². The Balaban J connectivity index is 1.25. The fourth-order valence-electron chi connectivity index (χ4n) is 4.06. The Kier molecular flexibility index (Phi) is 8.52. The zero-order valence-corrected chi connectivity index (χ0v) is 19.0. The monoisotopic (exact) mass is 460 g/mol. The minimum Gasteiger partial charge on any atom is -0.492 e. The van der Waals surface area contributed by atoms with E-state index < -0.39 is 5.60 Å². The number of halogens is 1. The van der Waals surface area contributed by atoms with E-state index in [0.29, 0.717) is 38.6 Å². The molecular formula is C25H33FN2O5. The summed E-state index contributed by atoms with van der Waals surface area (Å²) in [4.78, 5) is 4.49. The summed E-state index contributed by atoms with van der Waals surface area (Å²) in [6.45, 7) is 7.59. The van der Waals surface area contributed by atoms with E-state index in [4.69, 9.17) is 18.9 Å². The molecule has 2 fully saturated rings. The molecule has 0 saturated carbocycles. The number of hydrogen-bond acceptors (Lipinski definition) is 7. The van der Waals surface area contributed by atoms with E-state index in [0.717, 1.165) is 44.2 Å². The van der Waals surface area contributed by atoms with Gasteiger partial charge in [-0.1, -0.05) is 18.2 Å². The maximum atomic E-state index is 13.4. The van der Waals surface area contributed by atoms with Gasteiger partial charge in [-0.05, 0) is 29.8 Å². The van der Waals surface area contributed by atoms with Gasteiger partial charge in [0.15, 0.2) is 0 Å². The lowest BCUT2D eigenvalue weighted by Crippen LogP contribution is -2.48. The second kappa shape index (κ2) is 11.8. The maximum Gasteiger partial charge on any atom is 0.134 e. The number of nitrogens with zero attached hydrogens (tertiary/aromatic N) is 2. The van der Waals surface area contributed by atoms with Gasteiger partial charge in [0.25, 0.3) is 0 Å². The van der Waals surface area contributed by atoms with Crippen LogP contribution in [0.15, 0.2) is 48.5 Å². The van der Waals surface area contributed by atoms with Gasteiger partial charge in [-0.2, -0.15) is 0 Å². The van der Waals surface area contributed by atoms with Crippen LogP contribution < -0.4 is 9.47 Å². The number of aliphatic hydroxyl groups is 1. The first-order valence-corrected chi connectivity index (χ1v) is 11.5. The summed E-state index contributed by atoms with van der Waals surface area (Å²) in [7, 11) is 0. The van der Waals surface area contributed by atoms with Crippen LogP contribution in [0.5, 0.6) is 11.5 Å². The highest BCUT2D eigenvalue weighted by Crippen LogP contribution is 2.20. The van der Waals surface area contributed by atoms with Crippen molar-refractivity contribution in [1.82, 2.24) is 9.80 Å². The lowest BCUT2D eigenvalue weighted by molar-refractivity contribution is -0.0647. The molecule has 0 unspecified atom stereocenters. The summed E-state index contributed by atoms with van der Waals surface area (Å²) in [5.74, 6) is 0.876. The molecule has 7 nitrogen and oxygen atoms in total. The summed E-state index contributed by atoms with van der Waals surface area (Å²) >= 11 is 0. The van der Waals surface area contributed by atoms with Crippen molar-refractivity contribution < 1.29 is 28.4 Å². The molecule has 2 aromatic carbocycles. The Morgan fingerprint density at radius 1 is 0.909 bits per heavy atom. The number of ether oxygens (including phenoxy) is 4. The molecule has 0 spiro atoms. The molecule has 2 aliphatic rings. The van der Waals surface area contributed by atoms with Crippen LogP contribution in [0.1, 0.15) is 5.56 Å². The standard InChI is InChI=1S/C25H33FN2O5/c26-22-2-1-3-24(16-22)33-20-25(29)18-28(10-14-31-19-25)17-21-4-6-23(7-5-21)32-15-11-27-8-12-30-13-9-27/h1-7,16,29H,8-15,17-20H2/t25-/m1/s1. The summed E-state index contributed by atoms with van der Waals surface area (Å²) in [5, 5.41) is 11.1. The Morgan fingerprint density at radius 3 is 2.45 bits per heavy atom. The highest BCUT2D eigenvalue weighted by Gasteiger charge is 2.33. The smallest absolute Gasteiger partial charge is 0.134 e. The minimum absolute atomic E-state index is 0.0306. The van der Waals surface area contributed by atoms with E-state index in [2.05, 4.69) is 21.9 Å². The molecule has 33 heavy (non-hydrogen) atoms. The van der Waals surface area contributed by atoms with Gasteiger partial charge < -0.3 is 24.1 Å². The third-order valence-electron chi connectivity index (χ3n) is 5.85. The van der Waals surface area contributed by atoms with Gasteiger partial charge >= 0.3 is 0 Å². The van der Waals surface area contributed by atoms with Gasteiger partial charge in [0.2, 0.25) is 0 Å². The molecule has 8 heteroatoms. The number of benzene rings is 2. The fourth-order valence-corrected chi connectivity index (χ4v) is 4.06. The molecule has 0 aliphatic carbocycles. The topological polar surface area (TPSA) is 63.6 Å². The molecule has 1 N–H and O–H groups in total. The van der Waals surface area contributed by atoms with Gasteiger partial charge in [0, 0.05) is 45.3 Å². The molecule has 4 rings (SSSR count). The third-order valence-corrected chi connectivity index (χ3v) is 5.85. The highest BCUT2D eigenvalue weighted by molar-refractivity contribution is 5.27. The Morgan fingerprint density at radius 2 is 1.67 bits per heavy atom. The second-order valence-electron chi connectivity index (χ2n) is 8.68. The number of β-amino-alcohol motifs (C(OH)–C–C–N with tert-alkyl or cyclic N) is 1. The summed E-state index contributed by atoms with van der Waals surface area (Å²) < 4.78 is 35.9.